The van der Waals surface area contributed by atoms with Gasteiger partial charge in [-0.15, -0.1) is 0 Å². The van der Waals surface area contributed by atoms with E-state index in [1.807, 2.05) is 0 Å². The maximum atomic E-state index is 5.33. The lowest BCUT2D eigenvalue weighted by molar-refractivity contribution is 0.411. The highest BCUT2D eigenvalue weighted by molar-refractivity contribution is 5.36. The molecule has 0 atom stereocenters. The van der Waals surface area contributed by atoms with E-state index in [4.69, 9.17) is 4.74 Å². The fourth-order valence-electron chi connectivity index (χ4n) is 2.01. The third kappa shape index (κ3) is 4.31. The molecule has 100 valence electrons. The van der Waals surface area contributed by atoms with Crippen LogP contribution in [0.3, 0.4) is 0 Å². The van der Waals surface area contributed by atoms with Crippen LogP contribution in [-0.4, -0.2) is 26.2 Å². The Morgan fingerprint density at radius 1 is 1.28 bits per heavy atom. The van der Waals surface area contributed by atoms with Crippen LogP contribution in [0.2, 0.25) is 0 Å². The number of methoxy groups -OCH3 is 1. The second kappa shape index (κ2) is 6.76. The SMILES string of the molecule is COc1cc(CNCCCNC2CC2)ccc1C. The predicted molar refractivity (Wildman–Crippen MR) is 75.1 cm³/mol. The minimum Gasteiger partial charge on any atom is -0.496 e. The molecular formula is C15H24N2O. The van der Waals surface area contributed by atoms with Crippen molar-refractivity contribution in [3.63, 3.8) is 0 Å². The summed E-state index contributed by atoms with van der Waals surface area (Å²) < 4.78 is 5.33. The number of aryl methyl sites for hydroxylation is 1. The molecule has 2 rings (SSSR count). The molecule has 0 saturated heterocycles. The third-order valence-electron chi connectivity index (χ3n) is 3.34. The molecule has 1 aromatic carbocycles. The zero-order chi connectivity index (χ0) is 12.8. The highest BCUT2D eigenvalue weighted by atomic mass is 16.5. The molecule has 1 aromatic rings. The van der Waals surface area contributed by atoms with Crippen LogP contribution in [-0.2, 0) is 6.54 Å². The Morgan fingerprint density at radius 2 is 2.11 bits per heavy atom. The van der Waals surface area contributed by atoms with Crippen molar-refractivity contribution in [1.29, 1.82) is 0 Å². The van der Waals surface area contributed by atoms with E-state index in [1.165, 1.54) is 30.4 Å². The number of rotatable bonds is 8. The molecule has 1 fully saturated rings. The van der Waals surface area contributed by atoms with E-state index in [0.717, 1.165) is 31.4 Å². The molecule has 1 saturated carbocycles. The molecule has 0 radical (unpaired) electrons. The van der Waals surface area contributed by atoms with E-state index in [0.29, 0.717) is 0 Å². The Balaban J connectivity index is 1.62. The van der Waals surface area contributed by atoms with Crippen molar-refractivity contribution in [2.45, 2.75) is 38.8 Å². The smallest absolute Gasteiger partial charge is 0.122 e. The van der Waals surface area contributed by atoms with Crippen LogP contribution in [0.25, 0.3) is 0 Å². The first-order valence-electron chi connectivity index (χ1n) is 6.87. The number of ether oxygens (including phenoxy) is 1. The van der Waals surface area contributed by atoms with Gasteiger partial charge in [-0.25, -0.2) is 0 Å². The van der Waals surface area contributed by atoms with Gasteiger partial charge >= 0.3 is 0 Å². The Hall–Kier alpha value is -1.06. The van der Waals surface area contributed by atoms with Gasteiger partial charge < -0.3 is 15.4 Å². The Bertz CT molecular complexity index is 375. The van der Waals surface area contributed by atoms with Crippen molar-refractivity contribution in [3.05, 3.63) is 29.3 Å². The zero-order valence-electron chi connectivity index (χ0n) is 11.5. The van der Waals surface area contributed by atoms with Crippen LogP contribution in [0.5, 0.6) is 5.75 Å². The van der Waals surface area contributed by atoms with Crippen molar-refractivity contribution in [1.82, 2.24) is 10.6 Å². The lowest BCUT2D eigenvalue weighted by Crippen LogP contribution is -2.23. The summed E-state index contributed by atoms with van der Waals surface area (Å²) in [6.45, 7) is 5.18. The highest BCUT2D eigenvalue weighted by Crippen LogP contribution is 2.19. The molecule has 0 spiro atoms. The van der Waals surface area contributed by atoms with Crippen molar-refractivity contribution in [3.8, 4) is 5.75 Å². The summed E-state index contributed by atoms with van der Waals surface area (Å²) in [4.78, 5) is 0. The summed E-state index contributed by atoms with van der Waals surface area (Å²) in [5.41, 5.74) is 2.47. The van der Waals surface area contributed by atoms with Crippen LogP contribution in [0, 0.1) is 6.92 Å². The first kappa shape index (κ1) is 13.4. The highest BCUT2D eigenvalue weighted by Gasteiger charge is 2.19. The van der Waals surface area contributed by atoms with Crippen LogP contribution in [0.15, 0.2) is 18.2 Å². The van der Waals surface area contributed by atoms with Gasteiger partial charge in [0, 0.05) is 12.6 Å². The van der Waals surface area contributed by atoms with Gasteiger partial charge in [0.1, 0.15) is 5.75 Å². The Labute approximate surface area is 110 Å². The maximum absolute atomic E-state index is 5.33. The average molecular weight is 248 g/mol. The summed E-state index contributed by atoms with van der Waals surface area (Å²) in [5, 5.41) is 6.99. The van der Waals surface area contributed by atoms with Gasteiger partial charge in [0.25, 0.3) is 0 Å². The van der Waals surface area contributed by atoms with Crippen LogP contribution in [0.1, 0.15) is 30.4 Å². The molecule has 1 aliphatic carbocycles. The van der Waals surface area contributed by atoms with Crippen molar-refractivity contribution >= 4 is 0 Å². The van der Waals surface area contributed by atoms with Crippen molar-refractivity contribution in [2.75, 3.05) is 20.2 Å². The molecule has 3 heteroatoms. The van der Waals surface area contributed by atoms with Gasteiger partial charge in [0.05, 0.1) is 7.11 Å². The second-order valence-corrected chi connectivity index (χ2v) is 5.06. The van der Waals surface area contributed by atoms with E-state index in [9.17, 15) is 0 Å². The quantitative estimate of drug-likeness (QED) is 0.692. The minimum absolute atomic E-state index is 0.825. The van der Waals surface area contributed by atoms with E-state index in [-0.39, 0.29) is 0 Å². The van der Waals surface area contributed by atoms with Gasteiger partial charge in [-0.2, -0.15) is 0 Å². The van der Waals surface area contributed by atoms with Gasteiger partial charge in [0.2, 0.25) is 0 Å². The number of benzene rings is 1. The molecule has 0 unspecified atom stereocenters. The summed E-state index contributed by atoms with van der Waals surface area (Å²) in [6.07, 6.45) is 3.94. The van der Waals surface area contributed by atoms with Gasteiger partial charge in [-0.05, 0) is 56.5 Å². The fraction of sp³-hybridized carbons (Fsp3) is 0.600. The van der Waals surface area contributed by atoms with Crippen LogP contribution < -0.4 is 15.4 Å². The zero-order valence-corrected chi connectivity index (χ0v) is 11.5. The molecule has 18 heavy (non-hydrogen) atoms. The lowest BCUT2D eigenvalue weighted by Gasteiger charge is -2.09. The summed E-state index contributed by atoms with van der Waals surface area (Å²) in [5.74, 6) is 0.977. The average Bonchev–Trinajstić information content (AvgIpc) is 3.19. The van der Waals surface area contributed by atoms with Crippen LogP contribution in [0.4, 0.5) is 0 Å². The molecule has 0 amide bonds. The number of nitrogens with one attached hydrogen (secondary N) is 2. The molecule has 0 aliphatic heterocycles. The largest absolute Gasteiger partial charge is 0.496 e. The lowest BCUT2D eigenvalue weighted by atomic mass is 10.1. The van der Waals surface area contributed by atoms with E-state index in [2.05, 4.69) is 35.8 Å². The second-order valence-electron chi connectivity index (χ2n) is 5.06. The maximum Gasteiger partial charge on any atom is 0.122 e. The van der Waals surface area contributed by atoms with Gasteiger partial charge in [-0.1, -0.05) is 12.1 Å². The Morgan fingerprint density at radius 3 is 2.83 bits per heavy atom. The number of hydrogen-bond donors (Lipinski definition) is 2. The predicted octanol–water partition coefficient (Wildman–Crippen LogP) is 2.24. The Kier molecular flexibility index (Phi) is 5.02. The van der Waals surface area contributed by atoms with E-state index in [1.54, 1.807) is 7.11 Å². The first-order valence-corrected chi connectivity index (χ1v) is 6.87. The van der Waals surface area contributed by atoms with Crippen LogP contribution >= 0.6 is 0 Å². The standard InChI is InChI=1S/C15H24N2O/c1-12-4-5-13(10-15(12)18-2)11-16-8-3-9-17-14-6-7-14/h4-5,10,14,16-17H,3,6-9,11H2,1-2H3. The molecule has 0 bridgehead atoms. The molecule has 0 aromatic heterocycles. The molecule has 2 N–H and O–H groups in total. The monoisotopic (exact) mass is 248 g/mol. The topological polar surface area (TPSA) is 33.3 Å². The molecule has 0 heterocycles. The summed E-state index contributed by atoms with van der Waals surface area (Å²) in [7, 11) is 1.73. The van der Waals surface area contributed by atoms with Crippen molar-refractivity contribution in [2.24, 2.45) is 0 Å². The molecule has 1 aliphatic rings. The normalized spacial score (nSPS) is 14.8. The fourth-order valence-corrected chi connectivity index (χ4v) is 2.01. The van der Waals surface area contributed by atoms with E-state index < -0.39 is 0 Å². The third-order valence-corrected chi connectivity index (χ3v) is 3.34. The van der Waals surface area contributed by atoms with E-state index >= 15 is 0 Å². The minimum atomic E-state index is 0.825. The summed E-state index contributed by atoms with van der Waals surface area (Å²) >= 11 is 0. The van der Waals surface area contributed by atoms with Gasteiger partial charge in [0.15, 0.2) is 0 Å². The number of hydrogen-bond acceptors (Lipinski definition) is 3. The first-order chi connectivity index (χ1) is 8.79. The summed E-state index contributed by atoms with van der Waals surface area (Å²) in [6, 6.07) is 7.22. The van der Waals surface area contributed by atoms with Crippen molar-refractivity contribution < 1.29 is 4.74 Å². The molecule has 3 nitrogen and oxygen atoms in total. The molecular weight excluding hydrogens is 224 g/mol. The van der Waals surface area contributed by atoms with Gasteiger partial charge in [-0.3, -0.25) is 0 Å².